The second-order valence-corrected chi connectivity index (χ2v) is 19.8. The molecule has 29 heteroatoms. The number of carbonyl (C=O) groups excluding carboxylic acids is 9. The predicted molar refractivity (Wildman–Crippen MR) is 285 cm³/mol. The zero-order valence-electron chi connectivity index (χ0n) is 45.7. The summed E-state index contributed by atoms with van der Waals surface area (Å²) in [5.74, 6) is -9.44. The number of rotatable bonds is 35. The number of hydrogen-bond acceptors (Lipinski definition) is 16. The number of guanidine groups is 1. The zero-order valence-corrected chi connectivity index (χ0v) is 45.7. The van der Waals surface area contributed by atoms with Gasteiger partial charge in [0, 0.05) is 37.9 Å². The summed E-state index contributed by atoms with van der Waals surface area (Å²) in [5.41, 5.74) is 22.8. The Morgan fingerprint density at radius 2 is 1.33 bits per heavy atom. The number of nitrogens with two attached hydrogens (primary N) is 4. The number of amides is 9. The molecule has 1 aromatic rings. The van der Waals surface area contributed by atoms with Gasteiger partial charge in [0.1, 0.15) is 42.3 Å². The number of carbonyl (C=O) groups is 10. The average Bonchev–Trinajstić information content (AvgIpc) is 3.91. The van der Waals surface area contributed by atoms with Gasteiger partial charge < -0.3 is 90.7 Å². The van der Waals surface area contributed by atoms with Gasteiger partial charge in [0.15, 0.2) is 5.96 Å². The van der Waals surface area contributed by atoms with Gasteiger partial charge in [-0.2, -0.15) is 0 Å². The maximum absolute atomic E-state index is 14.3. The number of nitrogens with zero attached hydrogens (tertiary/aromatic N) is 3. The van der Waals surface area contributed by atoms with E-state index in [9.17, 15) is 63.3 Å². The molecule has 1 fully saturated rings. The van der Waals surface area contributed by atoms with Crippen molar-refractivity contribution < 1.29 is 63.3 Å². The SMILES string of the molecule is CCC[C@H](NC(=O)[C@@H](NC(=O)CN(CCN)C(=O)CNC(=O)[C@@H](NC(=O)[C@@H](NC(=O)[C@H](Cc1cnc[nH]1)NC(=O)[C@H](CC1CCCCC1)NC(=O)[C@H](C)NC(=O)[C@@H](N)CCCN=C(N)N)[C@@H](C)O)[C@@H](C)O)C(C)CC)C(=O)O. The van der Waals surface area contributed by atoms with Crippen LogP contribution in [-0.4, -0.2) is 189 Å². The minimum Gasteiger partial charge on any atom is -0.480 e. The fourth-order valence-corrected chi connectivity index (χ4v) is 8.46. The Morgan fingerprint density at radius 3 is 1.90 bits per heavy atom. The van der Waals surface area contributed by atoms with Crippen LogP contribution < -0.4 is 65.5 Å². The number of carboxylic acids is 1. The third-order valence-electron chi connectivity index (χ3n) is 13.2. The molecule has 9 amide bonds. The lowest BCUT2D eigenvalue weighted by Gasteiger charge is -2.30. The number of aliphatic carboxylic acids is 1. The highest BCUT2D eigenvalue weighted by Crippen LogP contribution is 2.27. The van der Waals surface area contributed by atoms with Crippen molar-refractivity contribution in [2.75, 3.05) is 32.7 Å². The Balaban J connectivity index is 2.25. The number of carboxylic acid groups (broad SMARTS) is 1. The number of nitrogens with one attached hydrogen (secondary N) is 9. The number of aliphatic imine (C=N–C) groups is 1. The van der Waals surface area contributed by atoms with Gasteiger partial charge in [-0.3, -0.25) is 48.1 Å². The number of imidazole rings is 1. The van der Waals surface area contributed by atoms with E-state index in [1.54, 1.807) is 20.8 Å². The maximum atomic E-state index is 14.3. The molecule has 440 valence electrons. The summed E-state index contributed by atoms with van der Waals surface area (Å²) in [6.45, 7) is 7.50. The minimum absolute atomic E-state index is 0.0245. The first-order valence-electron chi connectivity index (χ1n) is 26.6. The Labute approximate surface area is 454 Å². The molecule has 20 N–H and O–H groups in total. The van der Waals surface area contributed by atoms with Gasteiger partial charge in [-0.15, -0.1) is 0 Å². The number of hydrogen-bond donors (Lipinski definition) is 16. The first kappa shape index (κ1) is 67.1. The van der Waals surface area contributed by atoms with Crippen molar-refractivity contribution >= 4 is 65.1 Å². The molecule has 29 nitrogen and oxygen atoms in total. The van der Waals surface area contributed by atoms with Crippen molar-refractivity contribution in [2.45, 2.75) is 179 Å². The van der Waals surface area contributed by atoms with Gasteiger partial charge >= 0.3 is 5.97 Å². The third-order valence-corrected chi connectivity index (χ3v) is 13.2. The van der Waals surface area contributed by atoms with Crippen molar-refractivity contribution in [1.82, 2.24) is 57.4 Å². The number of aromatic amines is 1. The van der Waals surface area contributed by atoms with E-state index in [4.69, 9.17) is 22.9 Å². The highest BCUT2D eigenvalue weighted by Gasteiger charge is 2.37. The Kier molecular flexibility index (Phi) is 29.9. The average molecular weight is 1110 g/mol. The molecule has 1 saturated carbocycles. The van der Waals surface area contributed by atoms with E-state index in [1.165, 1.54) is 19.4 Å². The second kappa shape index (κ2) is 34.7. The molecule has 2 rings (SSSR count). The molecule has 0 aliphatic heterocycles. The molecule has 78 heavy (non-hydrogen) atoms. The summed E-state index contributed by atoms with van der Waals surface area (Å²) < 4.78 is 0. The van der Waals surface area contributed by atoms with Gasteiger partial charge in [-0.05, 0) is 58.3 Å². The molecule has 0 bridgehead atoms. The summed E-state index contributed by atoms with van der Waals surface area (Å²) in [6.07, 6.45) is 5.43. The van der Waals surface area contributed by atoms with Crippen LogP contribution in [0.2, 0.25) is 0 Å². The van der Waals surface area contributed by atoms with Crippen LogP contribution in [0.1, 0.15) is 118 Å². The molecule has 1 unspecified atom stereocenters. The first-order chi connectivity index (χ1) is 36.8. The van der Waals surface area contributed by atoms with Gasteiger partial charge in [0.2, 0.25) is 53.2 Å². The van der Waals surface area contributed by atoms with Crippen molar-refractivity contribution in [3.05, 3.63) is 18.2 Å². The Hall–Kier alpha value is -6.98. The topological polar surface area (TPSA) is 476 Å². The molecule has 0 saturated heterocycles. The summed E-state index contributed by atoms with van der Waals surface area (Å²) in [7, 11) is 0. The van der Waals surface area contributed by atoms with Crippen LogP contribution in [0.25, 0.3) is 0 Å². The van der Waals surface area contributed by atoms with Crippen LogP contribution in [0.4, 0.5) is 0 Å². The molecular formula is C49H86N16O13. The van der Waals surface area contributed by atoms with Crippen molar-refractivity contribution in [1.29, 1.82) is 0 Å². The van der Waals surface area contributed by atoms with E-state index in [0.29, 0.717) is 25.0 Å². The standard InChI is InChI=1S/C49H86N16O13/c1-7-13-33(48(77)78)59-46(75)38(26(3)8-2)62-36(68)24-65(19-17-50)37(69)23-56-45(74)39(28(5)66)64-47(76)40(29(6)67)63-44(73)35(21-31-22-54-25-57-31)61-43(72)34(20-30-14-10-9-11-15-30)60-41(70)27(4)58-42(71)32(51)16-12-18-55-49(52)53/h22,25-30,32-35,38-40,66-67H,7-21,23-24,50-51H2,1-6H3,(H,54,57)(H,56,74)(H,58,71)(H,59,75)(H,60,70)(H,61,72)(H,62,68)(H,63,73)(H,64,76)(H,77,78)(H4,52,53,55)/t26?,27-,28+,29+,32-,33-,34-,35-,38-,39-,40-/m0/s1. The Morgan fingerprint density at radius 1 is 0.744 bits per heavy atom. The predicted octanol–water partition coefficient (Wildman–Crippen LogP) is -4.69. The molecule has 0 radical (unpaired) electrons. The van der Waals surface area contributed by atoms with E-state index in [1.807, 2.05) is 0 Å². The summed E-state index contributed by atoms with van der Waals surface area (Å²) in [6, 6.07) is -10.7. The molecule has 11 atom stereocenters. The van der Waals surface area contributed by atoms with E-state index in [2.05, 4.69) is 57.5 Å². The van der Waals surface area contributed by atoms with E-state index in [-0.39, 0.29) is 57.2 Å². The van der Waals surface area contributed by atoms with Crippen LogP contribution in [0.15, 0.2) is 17.5 Å². The van der Waals surface area contributed by atoms with E-state index in [0.717, 1.165) is 50.9 Å². The number of H-pyrrole nitrogens is 1. The number of aliphatic hydroxyl groups excluding tert-OH is 2. The second-order valence-electron chi connectivity index (χ2n) is 19.8. The molecule has 1 aliphatic rings. The summed E-state index contributed by atoms with van der Waals surface area (Å²) in [5, 5.41) is 51.0. The van der Waals surface area contributed by atoms with Crippen LogP contribution >= 0.6 is 0 Å². The third kappa shape index (κ3) is 23.7. The lowest BCUT2D eigenvalue weighted by atomic mass is 9.84. The fourth-order valence-electron chi connectivity index (χ4n) is 8.46. The van der Waals surface area contributed by atoms with Gasteiger partial charge in [0.05, 0.1) is 37.7 Å². The fraction of sp³-hybridized carbons (Fsp3) is 0.714. The molecular weight excluding hydrogens is 1020 g/mol. The first-order valence-corrected chi connectivity index (χ1v) is 26.6. The normalized spacial score (nSPS) is 16.7. The highest BCUT2D eigenvalue weighted by molar-refractivity contribution is 5.98. The largest absolute Gasteiger partial charge is 0.480 e. The molecule has 1 aromatic heterocycles. The zero-order chi connectivity index (χ0) is 58.6. The van der Waals surface area contributed by atoms with E-state index >= 15 is 0 Å². The van der Waals surface area contributed by atoms with Crippen molar-refractivity contribution in [3.8, 4) is 0 Å². The molecule has 1 aliphatic carbocycles. The summed E-state index contributed by atoms with van der Waals surface area (Å²) >= 11 is 0. The maximum Gasteiger partial charge on any atom is 0.326 e. The lowest BCUT2D eigenvalue weighted by molar-refractivity contribution is -0.143. The van der Waals surface area contributed by atoms with Crippen LogP contribution in [-0.2, 0) is 54.4 Å². The van der Waals surface area contributed by atoms with Gasteiger partial charge in [0.25, 0.3) is 0 Å². The summed E-state index contributed by atoms with van der Waals surface area (Å²) in [4.78, 5) is 145. The minimum atomic E-state index is -1.81. The molecule has 0 spiro atoms. The monoisotopic (exact) mass is 1110 g/mol. The van der Waals surface area contributed by atoms with E-state index < -0.39 is 139 Å². The van der Waals surface area contributed by atoms with Crippen molar-refractivity contribution in [2.24, 2.45) is 39.8 Å². The quantitative estimate of drug-likeness (QED) is 0.0173. The van der Waals surface area contributed by atoms with Crippen LogP contribution in [0, 0.1) is 11.8 Å². The smallest absolute Gasteiger partial charge is 0.326 e. The lowest BCUT2D eigenvalue weighted by Crippen LogP contribution is -2.62. The Bertz CT molecular complexity index is 2150. The molecule has 1 heterocycles. The number of aromatic nitrogens is 2. The number of aliphatic hydroxyl groups is 2. The van der Waals surface area contributed by atoms with Crippen molar-refractivity contribution in [3.63, 3.8) is 0 Å². The van der Waals surface area contributed by atoms with Gasteiger partial charge in [-0.1, -0.05) is 65.7 Å². The highest BCUT2D eigenvalue weighted by atomic mass is 16.4. The van der Waals surface area contributed by atoms with Gasteiger partial charge in [-0.25, -0.2) is 9.78 Å². The van der Waals surface area contributed by atoms with Crippen LogP contribution in [0.3, 0.4) is 0 Å². The van der Waals surface area contributed by atoms with Crippen LogP contribution in [0.5, 0.6) is 0 Å². The molecule has 0 aromatic carbocycles.